The molecule has 1 aromatic heterocycles. The van der Waals surface area contributed by atoms with Crippen molar-refractivity contribution < 1.29 is 9.53 Å². The number of aryl methyl sites for hydroxylation is 2. The van der Waals surface area contributed by atoms with Gasteiger partial charge in [0, 0.05) is 12.7 Å². The molecule has 3 rings (SSSR count). The maximum absolute atomic E-state index is 12.3. The molecule has 0 aliphatic rings. The van der Waals surface area contributed by atoms with Crippen LogP contribution in [0.25, 0.3) is 0 Å². The third-order valence-corrected chi connectivity index (χ3v) is 6.09. The van der Waals surface area contributed by atoms with Gasteiger partial charge in [-0.15, -0.1) is 10.2 Å². The molecular weight excluding hydrogens is 396 g/mol. The Balaban J connectivity index is 1.59. The van der Waals surface area contributed by atoms with Crippen molar-refractivity contribution >= 4 is 23.4 Å². The van der Waals surface area contributed by atoms with E-state index >= 15 is 0 Å². The van der Waals surface area contributed by atoms with E-state index in [4.69, 9.17) is 4.74 Å². The van der Waals surface area contributed by atoms with Gasteiger partial charge in [0.25, 0.3) is 0 Å². The average molecular weight is 425 g/mol. The predicted molar refractivity (Wildman–Crippen MR) is 121 cm³/mol. The number of benzene rings is 2. The quantitative estimate of drug-likeness (QED) is 0.523. The number of anilines is 1. The van der Waals surface area contributed by atoms with Gasteiger partial charge in [-0.2, -0.15) is 0 Å². The highest BCUT2D eigenvalue weighted by Gasteiger charge is 2.19. The number of rotatable bonds is 8. The van der Waals surface area contributed by atoms with Gasteiger partial charge in [0.05, 0.1) is 5.75 Å². The summed E-state index contributed by atoms with van der Waals surface area (Å²) in [5.74, 6) is 1.74. The number of carbonyl (C=O) groups is 1. The Kier molecular flexibility index (Phi) is 7.15. The molecule has 30 heavy (non-hydrogen) atoms. The number of nitrogens with zero attached hydrogens (tertiary/aromatic N) is 3. The molecule has 1 amide bonds. The van der Waals surface area contributed by atoms with E-state index in [9.17, 15) is 4.79 Å². The van der Waals surface area contributed by atoms with Gasteiger partial charge in [0.1, 0.15) is 5.75 Å². The van der Waals surface area contributed by atoms with E-state index in [2.05, 4.69) is 35.4 Å². The van der Waals surface area contributed by atoms with Crippen molar-refractivity contribution in [2.75, 3.05) is 11.1 Å². The molecule has 158 valence electrons. The first-order valence-corrected chi connectivity index (χ1v) is 11.0. The van der Waals surface area contributed by atoms with Crippen molar-refractivity contribution in [3.8, 4) is 5.75 Å². The van der Waals surface area contributed by atoms with Gasteiger partial charge in [-0.05, 0) is 62.1 Å². The Morgan fingerprint density at radius 3 is 2.60 bits per heavy atom. The molecule has 3 aromatic rings. The second-order valence-corrected chi connectivity index (χ2v) is 8.19. The number of hydrogen-bond donors (Lipinski definition) is 1. The van der Waals surface area contributed by atoms with E-state index in [-0.39, 0.29) is 17.8 Å². The Bertz CT molecular complexity index is 1010. The molecule has 0 bridgehead atoms. The van der Waals surface area contributed by atoms with E-state index in [1.807, 2.05) is 61.9 Å². The Morgan fingerprint density at radius 1 is 1.17 bits per heavy atom. The molecule has 0 aliphatic heterocycles. The third-order valence-electron chi connectivity index (χ3n) is 5.07. The van der Waals surface area contributed by atoms with Crippen molar-refractivity contribution in [2.24, 2.45) is 7.05 Å². The van der Waals surface area contributed by atoms with Crippen LogP contribution in [-0.2, 0) is 18.3 Å². The predicted octanol–water partition coefficient (Wildman–Crippen LogP) is 4.87. The van der Waals surface area contributed by atoms with Gasteiger partial charge in [0.2, 0.25) is 5.91 Å². The number of nitrogens with one attached hydrogen (secondary N) is 1. The Hall–Kier alpha value is -2.80. The Labute approximate surface area is 182 Å². The van der Waals surface area contributed by atoms with E-state index in [1.165, 1.54) is 22.9 Å². The molecule has 0 spiro atoms. The van der Waals surface area contributed by atoms with E-state index in [0.717, 1.165) is 23.4 Å². The molecule has 0 radical (unpaired) electrons. The largest absolute Gasteiger partial charge is 0.482 e. The van der Waals surface area contributed by atoms with Crippen LogP contribution in [0.15, 0.2) is 47.6 Å². The first kappa shape index (κ1) is 21.9. The van der Waals surface area contributed by atoms with E-state index < -0.39 is 0 Å². The fourth-order valence-corrected chi connectivity index (χ4v) is 3.77. The van der Waals surface area contributed by atoms with E-state index in [0.29, 0.717) is 11.0 Å². The zero-order valence-corrected chi connectivity index (χ0v) is 18.9. The van der Waals surface area contributed by atoms with Gasteiger partial charge in [-0.1, -0.05) is 43.0 Å². The maximum atomic E-state index is 12.3. The highest BCUT2D eigenvalue weighted by molar-refractivity contribution is 7.99. The summed E-state index contributed by atoms with van der Waals surface area (Å²) in [5.41, 5.74) is 4.34. The first-order valence-electron chi connectivity index (χ1n) is 10.0. The van der Waals surface area contributed by atoms with E-state index in [1.54, 1.807) is 0 Å². The van der Waals surface area contributed by atoms with Crippen molar-refractivity contribution in [2.45, 2.75) is 45.4 Å². The third kappa shape index (κ3) is 5.21. The number of hydrogen-bond acceptors (Lipinski definition) is 5. The smallest absolute Gasteiger partial charge is 0.234 e. The molecule has 1 unspecified atom stereocenters. The zero-order valence-electron chi connectivity index (χ0n) is 18.1. The molecule has 6 nitrogen and oxygen atoms in total. The lowest BCUT2D eigenvalue weighted by Gasteiger charge is -2.16. The van der Waals surface area contributed by atoms with Crippen LogP contribution in [0.5, 0.6) is 5.75 Å². The van der Waals surface area contributed by atoms with Crippen molar-refractivity contribution in [3.63, 3.8) is 0 Å². The number of carbonyl (C=O) groups excluding carboxylic acids is 1. The van der Waals surface area contributed by atoms with Crippen LogP contribution in [-0.4, -0.2) is 26.4 Å². The van der Waals surface area contributed by atoms with Gasteiger partial charge in [0.15, 0.2) is 17.1 Å². The molecule has 7 heteroatoms. The minimum atomic E-state index is -0.261. The minimum absolute atomic E-state index is 0.0755. The van der Waals surface area contributed by atoms with Gasteiger partial charge >= 0.3 is 0 Å². The SMILES string of the molecule is CCc1ccc(NC(=O)CSc2nnc(C(C)Oc3cccc(C)c3C)n2C)cc1. The highest BCUT2D eigenvalue weighted by atomic mass is 32.2. The first-order chi connectivity index (χ1) is 14.4. The number of ether oxygens (including phenoxy) is 1. The van der Waals surface area contributed by atoms with Crippen molar-refractivity contribution in [1.82, 2.24) is 14.8 Å². The fourth-order valence-electron chi connectivity index (χ4n) is 3.05. The van der Waals surface area contributed by atoms with Crippen LogP contribution >= 0.6 is 11.8 Å². The molecule has 0 saturated carbocycles. The normalized spacial score (nSPS) is 11.9. The van der Waals surface area contributed by atoms with Gasteiger partial charge in [-0.3, -0.25) is 4.79 Å². The topological polar surface area (TPSA) is 69.0 Å². The number of aromatic nitrogens is 3. The number of thioether (sulfide) groups is 1. The fraction of sp³-hybridized carbons (Fsp3) is 0.348. The molecule has 1 heterocycles. The van der Waals surface area contributed by atoms with Crippen LogP contribution in [0.2, 0.25) is 0 Å². The molecule has 1 atom stereocenters. The molecule has 0 fully saturated rings. The van der Waals surface area contributed by atoms with Crippen LogP contribution in [0.1, 0.15) is 42.5 Å². The lowest BCUT2D eigenvalue weighted by Crippen LogP contribution is -2.15. The van der Waals surface area contributed by atoms with Crippen molar-refractivity contribution in [3.05, 3.63) is 65.0 Å². The summed E-state index contributed by atoms with van der Waals surface area (Å²) in [4.78, 5) is 12.3. The summed E-state index contributed by atoms with van der Waals surface area (Å²) >= 11 is 1.35. The molecular formula is C23H28N4O2S. The zero-order chi connectivity index (χ0) is 21.7. The summed E-state index contributed by atoms with van der Waals surface area (Å²) in [7, 11) is 1.89. The van der Waals surface area contributed by atoms with Gasteiger partial charge in [-0.25, -0.2) is 0 Å². The summed E-state index contributed by atoms with van der Waals surface area (Å²) < 4.78 is 8.00. The summed E-state index contributed by atoms with van der Waals surface area (Å²) in [6.45, 7) is 8.16. The van der Waals surface area contributed by atoms with Gasteiger partial charge < -0.3 is 14.6 Å². The lowest BCUT2D eigenvalue weighted by atomic mass is 10.1. The Morgan fingerprint density at radius 2 is 1.90 bits per heavy atom. The van der Waals surface area contributed by atoms with Crippen LogP contribution in [0.4, 0.5) is 5.69 Å². The molecule has 1 N–H and O–H groups in total. The average Bonchev–Trinajstić information content (AvgIpc) is 3.11. The molecule has 0 aliphatic carbocycles. The second-order valence-electron chi connectivity index (χ2n) is 7.25. The van der Waals surface area contributed by atoms with Crippen LogP contribution in [0, 0.1) is 13.8 Å². The summed E-state index contributed by atoms with van der Waals surface area (Å²) in [6, 6.07) is 13.9. The number of amides is 1. The van der Waals surface area contributed by atoms with Crippen LogP contribution < -0.4 is 10.1 Å². The molecule has 2 aromatic carbocycles. The highest BCUT2D eigenvalue weighted by Crippen LogP contribution is 2.27. The van der Waals surface area contributed by atoms with Crippen molar-refractivity contribution in [1.29, 1.82) is 0 Å². The summed E-state index contributed by atoms with van der Waals surface area (Å²) in [6.07, 6.45) is 0.715. The second kappa shape index (κ2) is 9.80. The maximum Gasteiger partial charge on any atom is 0.234 e. The monoisotopic (exact) mass is 424 g/mol. The molecule has 0 saturated heterocycles. The minimum Gasteiger partial charge on any atom is -0.482 e. The lowest BCUT2D eigenvalue weighted by molar-refractivity contribution is -0.113. The standard InChI is InChI=1S/C23H28N4O2S/c1-6-18-10-12-19(13-11-18)24-21(28)14-30-23-26-25-22(27(23)5)17(4)29-20-9-7-8-15(2)16(20)3/h7-13,17H,6,14H2,1-5H3,(H,24,28). The van der Waals surface area contributed by atoms with Crippen LogP contribution in [0.3, 0.4) is 0 Å². The summed E-state index contributed by atoms with van der Waals surface area (Å²) in [5, 5.41) is 12.1.